The summed E-state index contributed by atoms with van der Waals surface area (Å²) >= 11 is 0. The van der Waals surface area contributed by atoms with Crippen molar-refractivity contribution in [2.45, 2.75) is 13.0 Å². The van der Waals surface area contributed by atoms with Crippen molar-refractivity contribution in [1.29, 1.82) is 5.26 Å². The van der Waals surface area contributed by atoms with Gasteiger partial charge in [-0.1, -0.05) is 13.0 Å². The van der Waals surface area contributed by atoms with Crippen LogP contribution in [0.1, 0.15) is 22.8 Å². The Bertz CT molecular complexity index is 468. The van der Waals surface area contributed by atoms with Gasteiger partial charge in [0.25, 0.3) is 5.91 Å². The number of nitrogens with zero attached hydrogens (tertiary/aromatic N) is 2. The predicted molar refractivity (Wildman–Crippen MR) is 64.2 cm³/mol. The summed E-state index contributed by atoms with van der Waals surface area (Å²) in [6.07, 6.45) is 0. The first-order valence-electron chi connectivity index (χ1n) is 5.67. The summed E-state index contributed by atoms with van der Waals surface area (Å²) in [7, 11) is 0. The smallest absolute Gasteiger partial charge is 0.253 e. The van der Waals surface area contributed by atoms with Crippen molar-refractivity contribution in [2.24, 2.45) is 11.7 Å². The Morgan fingerprint density at radius 3 is 2.88 bits per heavy atom. The lowest BCUT2D eigenvalue weighted by Gasteiger charge is -2.15. The van der Waals surface area contributed by atoms with Crippen LogP contribution in [0.15, 0.2) is 24.3 Å². The van der Waals surface area contributed by atoms with Gasteiger partial charge in [0.05, 0.1) is 11.6 Å². The lowest BCUT2D eigenvalue weighted by atomic mass is 10.1. The van der Waals surface area contributed by atoms with Crippen LogP contribution in [0.25, 0.3) is 0 Å². The number of carbonyl (C=O) groups is 1. The lowest BCUT2D eigenvalue weighted by Crippen LogP contribution is -2.32. The number of rotatable bonds is 1. The SMILES string of the molecule is CC1CN(C(=O)c2cccc(C#N)c2)CC1N. The number of carbonyl (C=O) groups excluding carboxylic acids is 1. The third-order valence-corrected chi connectivity index (χ3v) is 3.20. The number of amides is 1. The third-order valence-electron chi connectivity index (χ3n) is 3.20. The zero-order valence-electron chi connectivity index (χ0n) is 9.76. The molecule has 1 heterocycles. The molecule has 2 rings (SSSR count). The Morgan fingerprint density at radius 1 is 1.53 bits per heavy atom. The lowest BCUT2D eigenvalue weighted by molar-refractivity contribution is 0.0787. The highest BCUT2D eigenvalue weighted by Crippen LogP contribution is 2.17. The molecule has 1 amide bonds. The van der Waals surface area contributed by atoms with E-state index in [2.05, 4.69) is 0 Å². The van der Waals surface area contributed by atoms with Gasteiger partial charge < -0.3 is 10.6 Å². The Hall–Kier alpha value is -1.86. The summed E-state index contributed by atoms with van der Waals surface area (Å²) in [5, 5.41) is 8.80. The van der Waals surface area contributed by atoms with Gasteiger partial charge in [0.1, 0.15) is 0 Å². The van der Waals surface area contributed by atoms with Crippen LogP contribution < -0.4 is 5.73 Å². The second kappa shape index (κ2) is 4.56. The van der Waals surface area contributed by atoms with Gasteiger partial charge in [-0.3, -0.25) is 4.79 Å². The van der Waals surface area contributed by atoms with Crippen LogP contribution in [0, 0.1) is 17.2 Å². The first-order chi connectivity index (χ1) is 8.11. The summed E-state index contributed by atoms with van der Waals surface area (Å²) in [5.74, 6) is 0.292. The van der Waals surface area contributed by atoms with Crippen molar-refractivity contribution in [3.05, 3.63) is 35.4 Å². The molecule has 88 valence electrons. The van der Waals surface area contributed by atoms with E-state index in [-0.39, 0.29) is 11.9 Å². The second-order valence-electron chi connectivity index (χ2n) is 4.54. The Labute approximate surface area is 101 Å². The fourth-order valence-corrected chi connectivity index (χ4v) is 2.06. The van der Waals surface area contributed by atoms with Crippen molar-refractivity contribution < 1.29 is 4.79 Å². The molecule has 0 spiro atoms. The molecule has 0 bridgehead atoms. The minimum atomic E-state index is -0.0399. The maximum atomic E-state index is 12.2. The molecule has 0 aliphatic carbocycles. The van der Waals surface area contributed by atoms with Gasteiger partial charge in [-0.15, -0.1) is 0 Å². The zero-order valence-corrected chi connectivity index (χ0v) is 9.76. The monoisotopic (exact) mass is 229 g/mol. The van der Waals surface area contributed by atoms with E-state index in [4.69, 9.17) is 11.0 Å². The third kappa shape index (κ3) is 2.29. The molecule has 2 N–H and O–H groups in total. The summed E-state index contributed by atoms with van der Waals surface area (Å²) in [5.41, 5.74) is 6.96. The molecular formula is C13H15N3O. The maximum Gasteiger partial charge on any atom is 0.253 e. The molecule has 2 atom stereocenters. The van der Waals surface area contributed by atoms with Crippen LogP contribution in [0.5, 0.6) is 0 Å². The van der Waals surface area contributed by atoms with Gasteiger partial charge in [0, 0.05) is 24.7 Å². The van der Waals surface area contributed by atoms with Gasteiger partial charge in [-0.2, -0.15) is 5.26 Å². The van der Waals surface area contributed by atoms with Crippen molar-refractivity contribution in [3.8, 4) is 6.07 Å². The van der Waals surface area contributed by atoms with E-state index >= 15 is 0 Å². The van der Waals surface area contributed by atoms with Crippen LogP contribution in [-0.4, -0.2) is 29.9 Å². The second-order valence-corrected chi connectivity index (χ2v) is 4.54. The fraction of sp³-hybridized carbons (Fsp3) is 0.385. The highest BCUT2D eigenvalue weighted by Gasteiger charge is 2.30. The van der Waals surface area contributed by atoms with Crippen molar-refractivity contribution in [3.63, 3.8) is 0 Å². The van der Waals surface area contributed by atoms with E-state index < -0.39 is 0 Å². The summed E-state index contributed by atoms with van der Waals surface area (Å²) < 4.78 is 0. The van der Waals surface area contributed by atoms with E-state index in [9.17, 15) is 4.79 Å². The molecule has 1 fully saturated rings. The van der Waals surface area contributed by atoms with E-state index in [1.165, 1.54) is 0 Å². The first-order valence-corrected chi connectivity index (χ1v) is 5.67. The minimum absolute atomic E-state index is 0.0399. The molecule has 1 aliphatic rings. The van der Waals surface area contributed by atoms with E-state index in [0.29, 0.717) is 30.1 Å². The Morgan fingerprint density at radius 2 is 2.29 bits per heavy atom. The first kappa shape index (κ1) is 11.6. The number of benzene rings is 1. The number of likely N-dealkylation sites (tertiary alicyclic amines) is 1. The average molecular weight is 229 g/mol. The van der Waals surface area contributed by atoms with E-state index in [1.807, 2.05) is 13.0 Å². The highest BCUT2D eigenvalue weighted by atomic mass is 16.2. The molecule has 1 aliphatic heterocycles. The van der Waals surface area contributed by atoms with Crippen molar-refractivity contribution >= 4 is 5.91 Å². The van der Waals surface area contributed by atoms with Gasteiger partial charge in [-0.25, -0.2) is 0 Å². The van der Waals surface area contributed by atoms with Crippen molar-refractivity contribution in [1.82, 2.24) is 4.90 Å². The Balaban J connectivity index is 2.18. The molecule has 1 saturated heterocycles. The normalized spacial score (nSPS) is 23.5. The molecule has 0 aromatic heterocycles. The van der Waals surface area contributed by atoms with Crippen LogP contribution in [0.3, 0.4) is 0 Å². The molecule has 0 radical (unpaired) electrons. The van der Waals surface area contributed by atoms with E-state index in [0.717, 1.165) is 0 Å². The summed E-state index contributed by atoms with van der Waals surface area (Å²) in [4.78, 5) is 13.9. The molecule has 0 saturated carbocycles. The van der Waals surface area contributed by atoms with Gasteiger partial charge in [0.2, 0.25) is 0 Å². The molecule has 1 aromatic carbocycles. The molecule has 1 aromatic rings. The van der Waals surface area contributed by atoms with Crippen LogP contribution in [0.2, 0.25) is 0 Å². The summed E-state index contributed by atoms with van der Waals surface area (Å²) in [6, 6.07) is 8.86. The zero-order chi connectivity index (χ0) is 12.4. The fourth-order valence-electron chi connectivity index (χ4n) is 2.06. The quantitative estimate of drug-likeness (QED) is 0.780. The molecule has 4 heteroatoms. The number of hydrogen-bond donors (Lipinski definition) is 1. The number of nitrogens with two attached hydrogens (primary N) is 1. The van der Waals surface area contributed by atoms with Crippen LogP contribution in [0.4, 0.5) is 0 Å². The minimum Gasteiger partial charge on any atom is -0.337 e. The molecular weight excluding hydrogens is 214 g/mol. The van der Waals surface area contributed by atoms with Gasteiger partial charge in [0.15, 0.2) is 0 Å². The number of hydrogen-bond acceptors (Lipinski definition) is 3. The largest absolute Gasteiger partial charge is 0.337 e. The standard InChI is InChI=1S/C13H15N3O/c1-9-7-16(8-12(9)15)13(17)11-4-2-3-10(5-11)6-14/h2-5,9,12H,7-8,15H2,1H3. The Kier molecular flexibility index (Phi) is 3.12. The average Bonchev–Trinajstić information content (AvgIpc) is 2.69. The molecule has 4 nitrogen and oxygen atoms in total. The van der Waals surface area contributed by atoms with Gasteiger partial charge >= 0.3 is 0 Å². The summed E-state index contributed by atoms with van der Waals surface area (Å²) in [6.45, 7) is 3.33. The molecule has 2 unspecified atom stereocenters. The van der Waals surface area contributed by atoms with Crippen LogP contribution in [-0.2, 0) is 0 Å². The van der Waals surface area contributed by atoms with Gasteiger partial charge in [-0.05, 0) is 24.1 Å². The van der Waals surface area contributed by atoms with Crippen molar-refractivity contribution in [2.75, 3.05) is 13.1 Å². The predicted octanol–water partition coefficient (Wildman–Crippen LogP) is 0.977. The number of nitriles is 1. The molecule has 17 heavy (non-hydrogen) atoms. The topological polar surface area (TPSA) is 70.1 Å². The highest BCUT2D eigenvalue weighted by molar-refractivity contribution is 5.94. The maximum absolute atomic E-state index is 12.2. The van der Waals surface area contributed by atoms with E-state index in [1.54, 1.807) is 29.2 Å². The van der Waals surface area contributed by atoms with Crippen LogP contribution >= 0.6 is 0 Å².